The SMILES string of the molecule is Cc1cc(C)c(C(O)c2cc(Br)ccc2Cl)c(F)c1. The Morgan fingerprint density at radius 3 is 2.53 bits per heavy atom. The average molecular weight is 344 g/mol. The van der Waals surface area contributed by atoms with Crippen molar-refractivity contribution in [1.82, 2.24) is 0 Å². The lowest BCUT2D eigenvalue weighted by Gasteiger charge is -2.17. The highest BCUT2D eigenvalue weighted by Gasteiger charge is 2.20. The van der Waals surface area contributed by atoms with Crippen molar-refractivity contribution in [2.24, 2.45) is 0 Å². The Labute approximate surface area is 125 Å². The first-order chi connectivity index (χ1) is 8.90. The summed E-state index contributed by atoms with van der Waals surface area (Å²) in [5.74, 6) is -0.416. The zero-order valence-electron chi connectivity index (χ0n) is 10.5. The Bertz CT molecular complexity index is 605. The predicted molar refractivity (Wildman–Crippen MR) is 79.1 cm³/mol. The Kier molecular flexibility index (Phi) is 4.29. The summed E-state index contributed by atoms with van der Waals surface area (Å²) in [6, 6.07) is 8.40. The highest BCUT2D eigenvalue weighted by Crippen LogP contribution is 2.33. The molecule has 1 atom stereocenters. The normalized spacial score (nSPS) is 12.5. The minimum Gasteiger partial charge on any atom is -0.383 e. The molecule has 0 amide bonds. The number of hydrogen-bond donors (Lipinski definition) is 1. The summed E-state index contributed by atoms with van der Waals surface area (Å²) in [6.45, 7) is 3.60. The van der Waals surface area contributed by atoms with Crippen LogP contribution in [0.1, 0.15) is 28.4 Å². The van der Waals surface area contributed by atoms with Crippen LogP contribution in [0.4, 0.5) is 4.39 Å². The molecule has 0 bridgehead atoms. The molecule has 0 radical (unpaired) electrons. The average Bonchev–Trinajstić information content (AvgIpc) is 2.30. The summed E-state index contributed by atoms with van der Waals surface area (Å²) in [5, 5.41) is 10.8. The molecule has 1 unspecified atom stereocenters. The van der Waals surface area contributed by atoms with Gasteiger partial charge in [-0.2, -0.15) is 0 Å². The zero-order valence-corrected chi connectivity index (χ0v) is 12.9. The predicted octanol–water partition coefficient (Wildman–Crippen LogP) is 4.94. The summed E-state index contributed by atoms with van der Waals surface area (Å²) in [7, 11) is 0. The van der Waals surface area contributed by atoms with E-state index in [1.165, 1.54) is 6.07 Å². The molecule has 0 fully saturated rings. The van der Waals surface area contributed by atoms with Crippen molar-refractivity contribution >= 4 is 27.5 Å². The van der Waals surface area contributed by atoms with E-state index >= 15 is 0 Å². The van der Waals surface area contributed by atoms with Crippen LogP contribution in [0, 0.1) is 19.7 Å². The number of aliphatic hydroxyl groups excluding tert-OH is 1. The van der Waals surface area contributed by atoms with Gasteiger partial charge in [0.05, 0.1) is 0 Å². The summed E-state index contributed by atoms with van der Waals surface area (Å²) in [5.41, 5.74) is 2.29. The number of hydrogen-bond acceptors (Lipinski definition) is 1. The fourth-order valence-electron chi connectivity index (χ4n) is 2.15. The van der Waals surface area contributed by atoms with Gasteiger partial charge < -0.3 is 5.11 Å². The first-order valence-electron chi connectivity index (χ1n) is 5.80. The Morgan fingerprint density at radius 1 is 1.21 bits per heavy atom. The molecule has 0 aliphatic carbocycles. The second-order valence-corrected chi connectivity index (χ2v) is 5.87. The zero-order chi connectivity index (χ0) is 14.2. The molecule has 1 N–H and O–H groups in total. The molecule has 19 heavy (non-hydrogen) atoms. The molecule has 0 saturated heterocycles. The molecule has 4 heteroatoms. The summed E-state index contributed by atoms with van der Waals surface area (Å²) in [4.78, 5) is 0. The topological polar surface area (TPSA) is 20.2 Å². The van der Waals surface area contributed by atoms with Gasteiger partial charge in [-0.3, -0.25) is 0 Å². The number of benzene rings is 2. The maximum atomic E-state index is 14.1. The fourth-order valence-corrected chi connectivity index (χ4v) is 2.75. The van der Waals surface area contributed by atoms with Crippen LogP contribution in [0.5, 0.6) is 0 Å². The van der Waals surface area contributed by atoms with Crippen molar-refractivity contribution < 1.29 is 9.50 Å². The Balaban J connectivity index is 2.56. The van der Waals surface area contributed by atoms with Crippen LogP contribution >= 0.6 is 27.5 Å². The number of halogens is 3. The lowest BCUT2D eigenvalue weighted by atomic mass is 9.95. The van der Waals surface area contributed by atoms with Crippen molar-refractivity contribution in [3.63, 3.8) is 0 Å². The van der Waals surface area contributed by atoms with Crippen LogP contribution in [0.3, 0.4) is 0 Å². The molecule has 0 aromatic heterocycles. The molecule has 0 heterocycles. The molecular formula is C15H13BrClFO. The van der Waals surface area contributed by atoms with E-state index < -0.39 is 11.9 Å². The Hall–Kier alpha value is -0.900. The van der Waals surface area contributed by atoms with Crippen LogP contribution in [0.25, 0.3) is 0 Å². The van der Waals surface area contributed by atoms with Crippen molar-refractivity contribution in [2.75, 3.05) is 0 Å². The number of aliphatic hydroxyl groups is 1. The minimum absolute atomic E-state index is 0.269. The second-order valence-electron chi connectivity index (χ2n) is 4.55. The van der Waals surface area contributed by atoms with Gasteiger partial charge in [0.2, 0.25) is 0 Å². The van der Waals surface area contributed by atoms with Crippen LogP contribution in [-0.4, -0.2) is 5.11 Å². The van der Waals surface area contributed by atoms with E-state index in [1.54, 1.807) is 25.1 Å². The fraction of sp³-hybridized carbons (Fsp3) is 0.200. The van der Waals surface area contributed by atoms with Gasteiger partial charge in [-0.05, 0) is 49.2 Å². The van der Waals surface area contributed by atoms with Gasteiger partial charge in [-0.1, -0.05) is 33.6 Å². The van der Waals surface area contributed by atoms with E-state index in [0.29, 0.717) is 16.1 Å². The number of aryl methyl sites for hydroxylation is 2. The molecule has 100 valence electrons. The van der Waals surface area contributed by atoms with Crippen LogP contribution < -0.4 is 0 Å². The molecule has 2 rings (SSSR count). The van der Waals surface area contributed by atoms with Crippen LogP contribution in [0.15, 0.2) is 34.8 Å². The smallest absolute Gasteiger partial charge is 0.129 e. The minimum atomic E-state index is -1.08. The largest absolute Gasteiger partial charge is 0.383 e. The molecule has 2 aromatic carbocycles. The Morgan fingerprint density at radius 2 is 1.89 bits per heavy atom. The summed E-state index contributed by atoms with van der Waals surface area (Å²) >= 11 is 9.40. The first-order valence-corrected chi connectivity index (χ1v) is 6.97. The van der Waals surface area contributed by atoms with Gasteiger partial charge in [-0.25, -0.2) is 4.39 Å². The molecule has 0 aliphatic rings. The quantitative estimate of drug-likeness (QED) is 0.819. The van der Waals surface area contributed by atoms with Gasteiger partial charge in [-0.15, -0.1) is 0 Å². The molecule has 1 nitrogen and oxygen atoms in total. The molecular weight excluding hydrogens is 331 g/mol. The maximum Gasteiger partial charge on any atom is 0.129 e. The first kappa shape index (κ1) is 14.5. The van der Waals surface area contributed by atoms with Gasteiger partial charge in [0.25, 0.3) is 0 Å². The molecule has 0 aliphatic heterocycles. The van der Waals surface area contributed by atoms with Crippen molar-refractivity contribution in [2.45, 2.75) is 20.0 Å². The van der Waals surface area contributed by atoms with Crippen molar-refractivity contribution in [1.29, 1.82) is 0 Å². The third-order valence-corrected chi connectivity index (χ3v) is 3.84. The molecule has 0 spiro atoms. The maximum absolute atomic E-state index is 14.1. The van der Waals surface area contributed by atoms with Gasteiger partial charge >= 0.3 is 0 Å². The molecule has 2 aromatic rings. The lowest BCUT2D eigenvalue weighted by molar-refractivity contribution is 0.214. The monoisotopic (exact) mass is 342 g/mol. The summed E-state index contributed by atoms with van der Waals surface area (Å²) in [6.07, 6.45) is -1.08. The van der Waals surface area contributed by atoms with Gasteiger partial charge in [0, 0.05) is 20.6 Å². The second kappa shape index (κ2) is 5.61. The van der Waals surface area contributed by atoms with Gasteiger partial charge in [0.1, 0.15) is 11.9 Å². The van der Waals surface area contributed by atoms with E-state index in [-0.39, 0.29) is 5.56 Å². The van der Waals surface area contributed by atoms with Crippen LogP contribution in [0.2, 0.25) is 5.02 Å². The highest BCUT2D eigenvalue weighted by molar-refractivity contribution is 9.10. The number of rotatable bonds is 2. The lowest BCUT2D eigenvalue weighted by Crippen LogP contribution is -2.06. The van der Waals surface area contributed by atoms with Gasteiger partial charge in [0.15, 0.2) is 0 Å². The van der Waals surface area contributed by atoms with E-state index in [9.17, 15) is 9.50 Å². The highest BCUT2D eigenvalue weighted by atomic mass is 79.9. The third kappa shape index (κ3) is 2.99. The summed E-state index contributed by atoms with van der Waals surface area (Å²) < 4.78 is 14.9. The van der Waals surface area contributed by atoms with Crippen molar-refractivity contribution in [3.05, 3.63) is 67.9 Å². The third-order valence-electron chi connectivity index (χ3n) is 3.01. The van der Waals surface area contributed by atoms with E-state index in [1.807, 2.05) is 13.0 Å². The van der Waals surface area contributed by atoms with E-state index in [4.69, 9.17) is 11.6 Å². The molecule has 0 saturated carbocycles. The van der Waals surface area contributed by atoms with Crippen molar-refractivity contribution in [3.8, 4) is 0 Å². The van der Waals surface area contributed by atoms with Crippen LogP contribution in [-0.2, 0) is 0 Å². The standard InChI is InChI=1S/C15H13BrClFO/c1-8-5-9(2)14(13(18)6-8)15(19)11-7-10(16)3-4-12(11)17/h3-7,15,19H,1-2H3. The van der Waals surface area contributed by atoms with E-state index in [0.717, 1.165) is 10.0 Å². The van der Waals surface area contributed by atoms with E-state index in [2.05, 4.69) is 15.9 Å².